The van der Waals surface area contributed by atoms with Crippen molar-refractivity contribution < 1.29 is 32.3 Å². The Kier molecular flexibility index (Phi) is 11.2. The summed E-state index contributed by atoms with van der Waals surface area (Å²) in [6.07, 6.45) is -2.21. The third-order valence-electron chi connectivity index (χ3n) is 8.02. The first-order valence-electron chi connectivity index (χ1n) is 15.3. The van der Waals surface area contributed by atoms with Gasteiger partial charge >= 0.3 is 11.9 Å². The standard InChI is InChI=1S/C31H38F3N7O5/c1-3-19(2)26-28(44)36-13-6-16-41-23-17-20(8-10-22(23)38-30(41)46)27(43)35-12-5-15-40(14-4-7-25(42)39-26)29(45)21-9-11-24(37-18-21)31(32,33)34/h8-11,17-19,26H,3-7,12-16H2,1-2H3,(H,35,43)(H,36,44)(H,38,46)(H,39,42)/t19-,26-/m0/s1. The number of aromatic nitrogens is 3. The molecule has 0 radical (unpaired) electrons. The molecule has 3 aromatic rings. The zero-order valence-electron chi connectivity index (χ0n) is 25.7. The minimum Gasteiger partial charge on any atom is -0.354 e. The first-order chi connectivity index (χ1) is 21.9. The van der Waals surface area contributed by atoms with Crippen LogP contribution in [0.1, 0.15) is 72.4 Å². The van der Waals surface area contributed by atoms with Gasteiger partial charge in [-0.25, -0.2) is 4.79 Å². The monoisotopic (exact) mass is 645 g/mol. The Balaban J connectivity index is 1.56. The molecule has 1 aromatic carbocycles. The van der Waals surface area contributed by atoms with E-state index in [0.29, 0.717) is 35.9 Å². The molecule has 0 spiro atoms. The van der Waals surface area contributed by atoms with Crippen LogP contribution >= 0.6 is 0 Å². The smallest absolute Gasteiger partial charge is 0.354 e. The summed E-state index contributed by atoms with van der Waals surface area (Å²) in [7, 11) is 0. The van der Waals surface area contributed by atoms with Gasteiger partial charge in [0.05, 0.1) is 16.6 Å². The Labute approximate surface area is 263 Å². The number of H-pyrrole nitrogens is 1. The molecular weight excluding hydrogens is 607 g/mol. The molecule has 3 heterocycles. The lowest BCUT2D eigenvalue weighted by Gasteiger charge is -2.25. The third-order valence-corrected chi connectivity index (χ3v) is 8.02. The van der Waals surface area contributed by atoms with E-state index in [2.05, 4.69) is 25.9 Å². The second-order valence-corrected chi connectivity index (χ2v) is 11.3. The summed E-state index contributed by atoms with van der Waals surface area (Å²) in [5, 5.41) is 8.43. The fourth-order valence-corrected chi connectivity index (χ4v) is 5.21. The van der Waals surface area contributed by atoms with Crippen molar-refractivity contribution in [2.24, 2.45) is 5.92 Å². The largest absolute Gasteiger partial charge is 0.433 e. The molecule has 2 bridgehead atoms. The van der Waals surface area contributed by atoms with Crippen molar-refractivity contribution in [3.05, 3.63) is 63.8 Å². The van der Waals surface area contributed by atoms with Crippen LogP contribution in [0.2, 0.25) is 0 Å². The topological polar surface area (TPSA) is 158 Å². The van der Waals surface area contributed by atoms with Crippen LogP contribution in [-0.2, 0) is 22.3 Å². The van der Waals surface area contributed by atoms with Gasteiger partial charge < -0.3 is 25.8 Å². The summed E-state index contributed by atoms with van der Waals surface area (Å²) in [5.74, 6) is -1.87. The van der Waals surface area contributed by atoms with Crippen LogP contribution in [0.4, 0.5) is 13.2 Å². The van der Waals surface area contributed by atoms with E-state index in [1.165, 1.54) is 9.47 Å². The summed E-state index contributed by atoms with van der Waals surface area (Å²) in [6.45, 7) is 4.69. The number of hydrogen-bond acceptors (Lipinski definition) is 6. The average Bonchev–Trinajstić information content (AvgIpc) is 3.35. The van der Waals surface area contributed by atoms with Crippen LogP contribution in [0.5, 0.6) is 0 Å². The highest BCUT2D eigenvalue weighted by Gasteiger charge is 2.32. The van der Waals surface area contributed by atoms with E-state index in [-0.39, 0.29) is 74.6 Å². The summed E-state index contributed by atoms with van der Waals surface area (Å²) < 4.78 is 40.5. The molecule has 0 saturated heterocycles. The number of nitrogens with one attached hydrogen (secondary N) is 4. The quantitative estimate of drug-likeness (QED) is 0.343. The van der Waals surface area contributed by atoms with Gasteiger partial charge in [-0.3, -0.25) is 28.7 Å². The number of hydrogen-bond donors (Lipinski definition) is 4. The molecule has 248 valence electrons. The Hall–Kier alpha value is -4.69. The maximum atomic E-state index is 13.3. The average molecular weight is 646 g/mol. The lowest BCUT2D eigenvalue weighted by atomic mass is 9.98. The van der Waals surface area contributed by atoms with Gasteiger partial charge in [0.25, 0.3) is 11.8 Å². The highest BCUT2D eigenvalue weighted by atomic mass is 19.4. The summed E-state index contributed by atoms with van der Waals surface area (Å²) >= 11 is 0. The molecule has 15 heteroatoms. The number of rotatable bonds is 3. The van der Waals surface area contributed by atoms with Gasteiger partial charge in [-0.15, -0.1) is 0 Å². The number of pyridine rings is 1. The molecule has 0 aliphatic carbocycles. The second-order valence-electron chi connectivity index (χ2n) is 11.3. The molecule has 4 rings (SSSR count). The summed E-state index contributed by atoms with van der Waals surface area (Å²) in [6, 6.07) is 5.82. The number of aryl methyl sites for hydroxylation is 1. The van der Waals surface area contributed by atoms with Gasteiger partial charge in [-0.2, -0.15) is 13.2 Å². The SMILES string of the molecule is CC[C@H](C)[C@@H]1NC(=O)CCCN(C(=O)c2ccc(C(F)(F)F)nc2)CCCNC(=O)c2ccc3[nH]c(=O)n(c3c2)CCCNC1=O. The third kappa shape index (κ3) is 8.52. The minimum atomic E-state index is -4.65. The molecule has 4 N–H and O–H groups in total. The van der Waals surface area contributed by atoms with Crippen LogP contribution in [0, 0.1) is 5.92 Å². The van der Waals surface area contributed by atoms with Crippen molar-refractivity contribution in [1.82, 2.24) is 35.4 Å². The first-order valence-corrected chi connectivity index (χ1v) is 15.3. The van der Waals surface area contributed by atoms with E-state index in [4.69, 9.17) is 0 Å². The Morgan fingerprint density at radius 2 is 1.72 bits per heavy atom. The number of fused-ring (bicyclic) bond motifs is 1. The van der Waals surface area contributed by atoms with Gasteiger partial charge in [0.15, 0.2) is 0 Å². The van der Waals surface area contributed by atoms with Gasteiger partial charge in [0.2, 0.25) is 11.8 Å². The van der Waals surface area contributed by atoms with E-state index in [0.717, 1.165) is 18.3 Å². The Morgan fingerprint density at radius 1 is 1.00 bits per heavy atom. The van der Waals surface area contributed by atoms with Crippen LogP contribution in [-0.4, -0.2) is 75.3 Å². The van der Waals surface area contributed by atoms with E-state index < -0.39 is 29.7 Å². The van der Waals surface area contributed by atoms with Crippen molar-refractivity contribution in [2.75, 3.05) is 26.2 Å². The van der Waals surface area contributed by atoms with Crippen LogP contribution in [0.15, 0.2) is 41.3 Å². The summed E-state index contributed by atoms with van der Waals surface area (Å²) in [4.78, 5) is 72.4. The van der Waals surface area contributed by atoms with Crippen LogP contribution in [0.3, 0.4) is 0 Å². The van der Waals surface area contributed by atoms with Crippen LogP contribution < -0.4 is 21.6 Å². The maximum Gasteiger partial charge on any atom is 0.433 e. The predicted molar refractivity (Wildman–Crippen MR) is 163 cm³/mol. The molecule has 2 atom stereocenters. The summed E-state index contributed by atoms with van der Waals surface area (Å²) in [5.41, 5.74) is -0.123. The molecule has 2 aromatic heterocycles. The number of halogens is 3. The number of aromatic amines is 1. The van der Waals surface area contributed by atoms with Gasteiger partial charge in [0, 0.05) is 50.9 Å². The Morgan fingerprint density at radius 3 is 2.41 bits per heavy atom. The van der Waals surface area contributed by atoms with Crippen molar-refractivity contribution >= 4 is 34.7 Å². The molecular formula is C31H38F3N7O5. The van der Waals surface area contributed by atoms with E-state index >= 15 is 0 Å². The van der Waals surface area contributed by atoms with E-state index in [1.54, 1.807) is 18.2 Å². The Bertz CT molecular complexity index is 1620. The number of imidazole rings is 1. The number of alkyl halides is 3. The van der Waals surface area contributed by atoms with Crippen LogP contribution in [0.25, 0.3) is 11.0 Å². The molecule has 0 saturated carbocycles. The lowest BCUT2D eigenvalue weighted by molar-refractivity contribution is -0.141. The van der Waals surface area contributed by atoms with Crippen molar-refractivity contribution in [2.45, 2.75) is 64.7 Å². The maximum absolute atomic E-state index is 13.3. The molecule has 0 unspecified atom stereocenters. The van der Waals surface area contributed by atoms with Crippen molar-refractivity contribution in [1.29, 1.82) is 0 Å². The zero-order chi connectivity index (χ0) is 33.4. The van der Waals surface area contributed by atoms with E-state index in [9.17, 15) is 37.1 Å². The number of nitrogens with zero attached hydrogens (tertiary/aromatic N) is 3. The highest BCUT2D eigenvalue weighted by Crippen LogP contribution is 2.27. The number of benzene rings is 1. The minimum absolute atomic E-state index is 0.00595. The molecule has 46 heavy (non-hydrogen) atoms. The fraction of sp³-hybridized carbons (Fsp3) is 0.484. The predicted octanol–water partition coefficient (Wildman–Crippen LogP) is 2.84. The highest BCUT2D eigenvalue weighted by molar-refractivity contribution is 5.97. The van der Waals surface area contributed by atoms with E-state index in [1.807, 2.05) is 13.8 Å². The van der Waals surface area contributed by atoms with Gasteiger partial charge in [-0.05, 0) is 55.5 Å². The number of amides is 4. The fourth-order valence-electron chi connectivity index (χ4n) is 5.21. The molecule has 1 aliphatic heterocycles. The number of carbonyl (C=O) groups is 4. The first kappa shape index (κ1) is 34.2. The van der Waals surface area contributed by atoms with Gasteiger partial charge in [-0.1, -0.05) is 20.3 Å². The van der Waals surface area contributed by atoms with Crippen molar-refractivity contribution in [3.63, 3.8) is 0 Å². The molecule has 1 aliphatic rings. The number of carbonyl (C=O) groups excluding carboxylic acids is 4. The normalized spacial score (nSPS) is 18.8. The molecule has 4 amide bonds. The lowest BCUT2D eigenvalue weighted by Crippen LogP contribution is -2.50. The second kappa shape index (κ2) is 15.1. The zero-order valence-corrected chi connectivity index (χ0v) is 25.7. The van der Waals surface area contributed by atoms with Crippen molar-refractivity contribution in [3.8, 4) is 0 Å². The van der Waals surface area contributed by atoms with Gasteiger partial charge in [0.1, 0.15) is 11.7 Å². The molecule has 0 fully saturated rings. The molecule has 12 nitrogen and oxygen atoms in total.